The van der Waals surface area contributed by atoms with E-state index in [1.54, 1.807) is 0 Å². The number of hydrogen-bond donors (Lipinski definition) is 3. The minimum absolute atomic E-state index is 0.113. The van der Waals surface area contributed by atoms with E-state index < -0.39 is 0 Å². The van der Waals surface area contributed by atoms with Crippen molar-refractivity contribution in [2.24, 2.45) is 5.92 Å². The Bertz CT molecular complexity index is 198. The maximum atomic E-state index is 9.78. The van der Waals surface area contributed by atoms with Gasteiger partial charge in [0.05, 0.1) is 12.2 Å². The molecule has 0 aromatic carbocycles. The second kappa shape index (κ2) is 5.28. The molecular formula is C12H23NO2. The van der Waals surface area contributed by atoms with E-state index in [1.165, 1.54) is 6.42 Å². The van der Waals surface area contributed by atoms with E-state index in [1.807, 2.05) is 0 Å². The third-order valence-corrected chi connectivity index (χ3v) is 3.99. The molecule has 2 fully saturated rings. The Balaban J connectivity index is 1.72. The average Bonchev–Trinajstić information content (AvgIpc) is 2.63. The first-order valence-electron chi connectivity index (χ1n) is 6.37. The molecule has 3 N–H and O–H groups in total. The molecule has 2 aliphatic rings. The fourth-order valence-electron chi connectivity index (χ4n) is 2.91. The predicted molar refractivity (Wildman–Crippen MR) is 59.6 cm³/mol. The Morgan fingerprint density at radius 1 is 0.867 bits per heavy atom. The van der Waals surface area contributed by atoms with Crippen LogP contribution < -0.4 is 5.32 Å². The minimum atomic E-state index is -0.169. The molecule has 2 saturated carbocycles. The second-order valence-corrected chi connectivity index (χ2v) is 5.12. The van der Waals surface area contributed by atoms with Crippen LogP contribution in [0.4, 0.5) is 0 Å². The van der Waals surface area contributed by atoms with Crippen molar-refractivity contribution in [3.8, 4) is 0 Å². The van der Waals surface area contributed by atoms with Crippen LogP contribution in [-0.2, 0) is 0 Å². The molecule has 4 atom stereocenters. The van der Waals surface area contributed by atoms with Crippen molar-refractivity contribution in [3.63, 3.8) is 0 Å². The average molecular weight is 213 g/mol. The first kappa shape index (κ1) is 11.4. The van der Waals surface area contributed by atoms with Crippen molar-refractivity contribution in [2.45, 2.75) is 63.2 Å². The molecule has 0 spiro atoms. The molecule has 0 aromatic rings. The van der Waals surface area contributed by atoms with E-state index in [-0.39, 0.29) is 18.2 Å². The lowest BCUT2D eigenvalue weighted by Gasteiger charge is -2.30. The van der Waals surface area contributed by atoms with Gasteiger partial charge in [0.25, 0.3) is 0 Å². The van der Waals surface area contributed by atoms with Gasteiger partial charge in [-0.05, 0) is 31.6 Å². The summed E-state index contributed by atoms with van der Waals surface area (Å²) in [7, 11) is 0. The van der Waals surface area contributed by atoms with E-state index in [0.717, 1.165) is 45.1 Å². The van der Waals surface area contributed by atoms with Crippen LogP contribution in [-0.4, -0.2) is 35.0 Å². The number of nitrogens with one attached hydrogen (secondary N) is 1. The maximum absolute atomic E-state index is 9.78. The number of rotatable bonds is 3. The van der Waals surface area contributed by atoms with Gasteiger partial charge in [-0.15, -0.1) is 0 Å². The van der Waals surface area contributed by atoms with Crippen LogP contribution in [0.2, 0.25) is 0 Å². The summed E-state index contributed by atoms with van der Waals surface area (Å²) in [6.45, 7) is 0.878. The Morgan fingerprint density at radius 2 is 1.60 bits per heavy atom. The highest BCUT2D eigenvalue weighted by atomic mass is 16.3. The standard InChI is InChI=1S/C12H23NO2/c14-11-7-3-4-9(11)8-13-10-5-1-2-6-12(10)15/h9-15H,1-8H2/t9?,10-,11?,12-/m0/s1. The number of hydrogen-bond acceptors (Lipinski definition) is 3. The molecule has 0 aliphatic heterocycles. The SMILES string of the molecule is OC1CCCC1CN[C@H]1CCCC[C@@H]1O. The van der Waals surface area contributed by atoms with Gasteiger partial charge < -0.3 is 15.5 Å². The first-order valence-corrected chi connectivity index (χ1v) is 6.37. The lowest BCUT2D eigenvalue weighted by atomic mass is 9.92. The smallest absolute Gasteiger partial charge is 0.0693 e. The van der Waals surface area contributed by atoms with Crippen LogP contribution >= 0.6 is 0 Å². The Labute approximate surface area is 91.9 Å². The summed E-state index contributed by atoms with van der Waals surface area (Å²) in [5.74, 6) is 0.416. The molecule has 0 amide bonds. The molecule has 3 nitrogen and oxygen atoms in total. The van der Waals surface area contributed by atoms with Gasteiger partial charge in [-0.2, -0.15) is 0 Å². The molecule has 88 valence electrons. The van der Waals surface area contributed by atoms with Gasteiger partial charge in [0.1, 0.15) is 0 Å². The summed E-state index contributed by atoms with van der Waals surface area (Å²) < 4.78 is 0. The molecule has 2 rings (SSSR count). The van der Waals surface area contributed by atoms with Crippen LogP contribution in [0.1, 0.15) is 44.9 Å². The third-order valence-electron chi connectivity index (χ3n) is 3.99. The maximum Gasteiger partial charge on any atom is 0.0693 e. The molecule has 2 aliphatic carbocycles. The van der Waals surface area contributed by atoms with Crippen molar-refractivity contribution >= 4 is 0 Å². The van der Waals surface area contributed by atoms with E-state index in [9.17, 15) is 10.2 Å². The fourth-order valence-corrected chi connectivity index (χ4v) is 2.91. The van der Waals surface area contributed by atoms with Crippen molar-refractivity contribution in [2.75, 3.05) is 6.54 Å². The lowest BCUT2D eigenvalue weighted by Crippen LogP contribution is -2.44. The van der Waals surface area contributed by atoms with Gasteiger partial charge in [0.15, 0.2) is 0 Å². The van der Waals surface area contributed by atoms with Crippen LogP contribution in [0.3, 0.4) is 0 Å². The molecule has 0 saturated heterocycles. The molecule has 0 heterocycles. The molecule has 0 bridgehead atoms. The fraction of sp³-hybridized carbons (Fsp3) is 1.00. The largest absolute Gasteiger partial charge is 0.393 e. The highest BCUT2D eigenvalue weighted by Gasteiger charge is 2.28. The summed E-state index contributed by atoms with van der Waals surface area (Å²) in [4.78, 5) is 0. The van der Waals surface area contributed by atoms with Gasteiger partial charge in [-0.1, -0.05) is 19.3 Å². The van der Waals surface area contributed by atoms with E-state index in [4.69, 9.17) is 0 Å². The van der Waals surface area contributed by atoms with E-state index in [2.05, 4.69) is 5.32 Å². The molecule has 2 unspecified atom stereocenters. The Hall–Kier alpha value is -0.120. The monoisotopic (exact) mass is 213 g/mol. The Morgan fingerprint density at radius 3 is 2.27 bits per heavy atom. The molecule has 0 aromatic heterocycles. The van der Waals surface area contributed by atoms with Gasteiger partial charge in [0, 0.05) is 12.6 Å². The topological polar surface area (TPSA) is 52.5 Å². The van der Waals surface area contributed by atoms with Gasteiger partial charge in [-0.3, -0.25) is 0 Å². The number of aliphatic hydroxyl groups is 2. The second-order valence-electron chi connectivity index (χ2n) is 5.12. The normalized spacial score (nSPS) is 42.0. The summed E-state index contributed by atoms with van der Waals surface area (Å²) >= 11 is 0. The number of aliphatic hydroxyl groups excluding tert-OH is 2. The minimum Gasteiger partial charge on any atom is -0.393 e. The molecule has 15 heavy (non-hydrogen) atoms. The van der Waals surface area contributed by atoms with Crippen LogP contribution in [0.25, 0.3) is 0 Å². The first-order chi connectivity index (χ1) is 7.27. The van der Waals surface area contributed by atoms with Gasteiger partial charge >= 0.3 is 0 Å². The van der Waals surface area contributed by atoms with Crippen LogP contribution in [0, 0.1) is 5.92 Å². The summed E-state index contributed by atoms with van der Waals surface area (Å²) in [6.07, 6.45) is 7.37. The zero-order valence-electron chi connectivity index (χ0n) is 9.36. The zero-order chi connectivity index (χ0) is 10.7. The third kappa shape index (κ3) is 2.92. The summed E-state index contributed by atoms with van der Waals surface area (Å²) in [6, 6.07) is 0.270. The van der Waals surface area contributed by atoms with E-state index >= 15 is 0 Å². The van der Waals surface area contributed by atoms with E-state index in [0.29, 0.717) is 5.92 Å². The lowest BCUT2D eigenvalue weighted by molar-refractivity contribution is 0.0795. The van der Waals surface area contributed by atoms with Crippen LogP contribution in [0.15, 0.2) is 0 Å². The van der Waals surface area contributed by atoms with Crippen molar-refractivity contribution in [3.05, 3.63) is 0 Å². The zero-order valence-corrected chi connectivity index (χ0v) is 9.36. The highest BCUT2D eigenvalue weighted by molar-refractivity contribution is 4.84. The van der Waals surface area contributed by atoms with Crippen molar-refractivity contribution in [1.29, 1.82) is 0 Å². The summed E-state index contributed by atoms with van der Waals surface area (Å²) in [5, 5.41) is 22.9. The molecule has 3 heteroatoms. The molecule has 0 radical (unpaired) electrons. The molecular weight excluding hydrogens is 190 g/mol. The quantitative estimate of drug-likeness (QED) is 0.656. The summed E-state index contributed by atoms with van der Waals surface area (Å²) in [5.41, 5.74) is 0. The van der Waals surface area contributed by atoms with Crippen molar-refractivity contribution in [1.82, 2.24) is 5.32 Å². The highest BCUT2D eigenvalue weighted by Crippen LogP contribution is 2.25. The van der Waals surface area contributed by atoms with Gasteiger partial charge in [-0.25, -0.2) is 0 Å². The Kier molecular flexibility index (Phi) is 4.00. The van der Waals surface area contributed by atoms with Gasteiger partial charge in [0.2, 0.25) is 0 Å². The predicted octanol–water partition coefficient (Wildman–Crippen LogP) is 1.04. The van der Waals surface area contributed by atoms with Crippen molar-refractivity contribution < 1.29 is 10.2 Å². The van der Waals surface area contributed by atoms with Crippen LogP contribution in [0.5, 0.6) is 0 Å².